The number of aromatic nitrogens is 2. The monoisotopic (exact) mass is 270 g/mol. The minimum Gasteiger partial charge on any atom is -0.380 e. The summed E-state index contributed by atoms with van der Waals surface area (Å²) >= 11 is 6.00. The number of rotatable bonds is 3. The molecule has 3 nitrogen and oxygen atoms in total. The van der Waals surface area contributed by atoms with E-state index < -0.39 is 0 Å². The molecule has 0 saturated carbocycles. The second-order valence-electron chi connectivity index (χ2n) is 4.30. The van der Waals surface area contributed by atoms with Crippen LogP contribution < -0.4 is 10.3 Å². The van der Waals surface area contributed by atoms with Crippen molar-refractivity contribution in [1.82, 2.24) is 4.98 Å². The van der Waals surface area contributed by atoms with Crippen LogP contribution in [0, 0.1) is 0 Å². The molecule has 0 amide bonds. The van der Waals surface area contributed by atoms with Crippen LogP contribution in [0.5, 0.6) is 0 Å². The lowest BCUT2D eigenvalue weighted by Gasteiger charge is -2.07. The molecule has 0 unspecified atom stereocenters. The lowest BCUT2D eigenvalue weighted by Crippen LogP contribution is -2.06. The average molecular weight is 271 g/mol. The summed E-state index contributed by atoms with van der Waals surface area (Å²) in [6.45, 7) is 0.746. The highest BCUT2D eigenvalue weighted by Gasteiger charge is 2.06. The van der Waals surface area contributed by atoms with E-state index in [0.29, 0.717) is 0 Å². The fourth-order valence-electron chi connectivity index (χ4n) is 2.03. The zero-order valence-corrected chi connectivity index (χ0v) is 11.0. The molecule has 0 atom stereocenters. The van der Waals surface area contributed by atoms with E-state index >= 15 is 0 Å². The number of benzene rings is 1. The summed E-state index contributed by atoms with van der Waals surface area (Å²) in [6, 6.07) is 11.8. The molecule has 4 heteroatoms. The lowest BCUT2D eigenvalue weighted by atomic mass is 10.2. The van der Waals surface area contributed by atoms with E-state index in [1.807, 2.05) is 48.8 Å². The van der Waals surface area contributed by atoms with Gasteiger partial charge in [-0.15, -0.1) is 0 Å². The fourth-order valence-corrected chi connectivity index (χ4v) is 2.20. The third-order valence-electron chi connectivity index (χ3n) is 2.97. The molecule has 3 aromatic rings. The Labute approximate surface area is 116 Å². The van der Waals surface area contributed by atoms with Crippen molar-refractivity contribution in [2.75, 3.05) is 5.32 Å². The maximum atomic E-state index is 6.00. The van der Waals surface area contributed by atoms with Crippen molar-refractivity contribution in [2.24, 2.45) is 0 Å². The molecule has 1 aromatic carbocycles. The molecule has 0 radical (unpaired) electrons. The number of halogens is 1. The number of fused-ring (bicyclic) bond motifs is 1. The van der Waals surface area contributed by atoms with Gasteiger partial charge in [-0.1, -0.05) is 17.7 Å². The Hall–Kier alpha value is -2.13. The molecule has 19 heavy (non-hydrogen) atoms. The van der Waals surface area contributed by atoms with E-state index in [1.54, 1.807) is 6.20 Å². The van der Waals surface area contributed by atoms with Crippen LogP contribution in [0.2, 0.25) is 5.02 Å². The number of nitrogens with one attached hydrogen (secondary N) is 2. The van der Waals surface area contributed by atoms with Crippen molar-refractivity contribution in [3.63, 3.8) is 0 Å². The van der Waals surface area contributed by atoms with Crippen molar-refractivity contribution in [3.8, 4) is 0 Å². The van der Waals surface area contributed by atoms with E-state index in [9.17, 15) is 0 Å². The number of hydrogen-bond acceptors (Lipinski definition) is 2. The van der Waals surface area contributed by atoms with E-state index in [1.165, 1.54) is 0 Å². The summed E-state index contributed by atoms with van der Waals surface area (Å²) in [5.74, 6) is 0. The van der Waals surface area contributed by atoms with Gasteiger partial charge in [0.25, 0.3) is 0 Å². The maximum absolute atomic E-state index is 6.00. The minimum absolute atomic E-state index is 0.730. The highest BCUT2D eigenvalue weighted by Crippen LogP contribution is 2.23. The molecule has 0 fully saturated rings. The lowest BCUT2D eigenvalue weighted by molar-refractivity contribution is -0.344. The van der Waals surface area contributed by atoms with Crippen LogP contribution in [0.15, 0.2) is 55.0 Å². The molecule has 0 bridgehead atoms. The summed E-state index contributed by atoms with van der Waals surface area (Å²) in [6.07, 6.45) is 5.55. The number of pyridine rings is 2. The summed E-state index contributed by atoms with van der Waals surface area (Å²) in [5, 5.41) is 5.27. The fraction of sp³-hybridized carbons (Fsp3) is 0.0667. The van der Waals surface area contributed by atoms with E-state index in [4.69, 9.17) is 11.6 Å². The first-order valence-corrected chi connectivity index (χ1v) is 6.43. The minimum atomic E-state index is 0.730. The predicted molar refractivity (Wildman–Crippen MR) is 77.1 cm³/mol. The van der Waals surface area contributed by atoms with Crippen molar-refractivity contribution in [1.29, 1.82) is 0 Å². The van der Waals surface area contributed by atoms with E-state index in [2.05, 4.69) is 15.3 Å². The largest absolute Gasteiger partial charge is 0.380 e. The number of aromatic amines is 1. The molecule has 0 aliphatic heterocycles. The Kier molecular flexibility index (Phi) is 3.29. The summed E-state index contributed by atoms with van der Waals surface area (Å²) < 4.78 is 0. The van der Waals surface area contributed by atoms with Gasteiger partial charge in [0.05, 0.1) is 11.1 Å². The Bertz CT molecular complexity index is 698. The van der Waals surface area contributed by atoms with Gasteiger partial charge >= 0.3 is 0 Å². The van der Waals surface area contributed by atoms with Crippen LogP contribution in [0.4, 0.5) is 5.69 Å². The standard InChI is InChI=1S/C15H12ClN3/c16-12-3-4-13-14(5-7-18-15(13)8-12)19-10-11-2-1-6-17-9-11/h1-9H,10H2,(H,18,19)/p+1. The van der Waals surface area contributed by atoms with Crippen LogP contribution >= 0.6 is 11.6 Å². The van der Waals surface area contributed by atoms with Crippen LogP contribution in [-0.2, 0) is 6.54 Å². The maximum Gasteiger partial charge on any atom is 0.214 e. The molecule has 0 saturated heterocycles. The summed E-state index contributed by atoms with van der Waals surface area (Å²) in [7, 11) is 0. The zero-order valence-electron chi connectivity index (χ0n) is 10.2. The third kappa shape index (κ3) is 2.66. The smallest absolute Gasteiger partial charge is 0.214 e. The van der Waals surface area contributed by atoms with Gasteiger partial charge in [0, 0.05) is 36.1 Å². The topological polar surface area (TPSA) is 39.1 Å². The summed E-state index contributed by atoms with van der Waals surface area (Å²) in [5.41, 5.74) is 3.25. The molecule has 0 aliphatic carbocycles. The second-order valence-corrected chi connectivity index (χ2v) is 4.73. The van der Waals surface area contributed by atoms with Gasteiger partial charge in [0.1, 0.15) is 0 Å². The highest BCUT2D eigenvalue weighted by atomic mass is 35.5. The number of hydrogen-bond donors (Lipinski definition) is 1. The Morgan fingerprint density at radius 3 is 3.00 bits per heavy atom. The van der Waals surface area contributed by atoms with Crippen LogP contribution in [-0.4, -0.2) is 4.98 Å². The molecule has 2 aromatic heterocycles. The number of nitrogens with zero attached hydrogens (tertiary/aromatic N) is 1. The van der Waals surface area contributed by atoms with Gasteiger partial charge in [0.15, 0.2) is 6.20 Å². The Morgan fingerprint density at radius 2 is 2.16 bits per heavy atom. The zero-order chi connectivity index (χ0) is 13.1. The van der Waals surface area contributed by atoms with Crippen molar-refractivity contribution in [2.45, 2.75) is 6.54 Å². The Balaban J connectivity index is 1.89. The normalized spacial score (nSPS) is 10.6. The molecule has 2 N–H and O–H groups in total. The Morgan fingerprint density at radius 1 is 1.21 bits per heavy atom. The quantitative estimate of drug-likeness (QED) is 0.793. The second kappa shape index (κ2) is 5.24. The molecular formula is C15H13ClN3+. The van der Waals surface area contributed by atoms with Crippen molar-refractivity contribution >= 4 is 28.2 Å². The number of anilines is 1. The SMILES string of the molecule is Clc1ccc2c(NCc3cccnc3)cc[nH+]c2c1. The van der Waals surface area contributed by atoms with Crippen molar-refractivity contribution < 1.29 is 4.98 Å². The van der Waals surface area contributed by atoms with Gasteiger partial charge in [-0.05, 0) is 23.8 Å². The van der Waals surface area contributed by atoms with Crippen LogP contribution in [0.1, 0.15) is 5.56 Å². The van der Waals surface area contributed by atoms with Gasteiger partial charge in [0.2, 0.25) is 5.52 Å². The van der Waals surface area contributed by atoms with Gasteiger partial charge in [-0.3, -0.25) is 4.98 Å². The molecule has 3 rings (SSSR count). The first kappa shape index (κ1) is 11.9. The average Bonchev–Trinajstić information content (AvgIpc) is 2.45. The van der Waals surface area contributed by atoms with E-state index in [0.717, 1.165) is 33.7 Å². The number of H-pyrrole nitrogens is 1. The third-order valence-corrected chi connectivity index (χ3v) is 3.20. The highest BCUT2D eigenvalue weighted by molar-refractivity contribution is 6.31. The van der Waals surface area contributed by atoms with E-state index in [-0.39, 0.29) is 0 Å². The molecular weight excluding hydrogens is 258 g/mol. The first-order valence-electron chi connectivity index (χ1n) is 6.06. The molecule has 94 valence electrons. The van der Waals surface area contributed by atoms with Crippen LogP contribution in [0.25, 0.3) is 10.9 Å². The summed E-state index contributed by atoms with van der Waals surface area (Å²) in [4.78, 5) is 7.30. The van der Waals surface area contributed by atoms with Gasteiger partial charge in [-0.2, -0.15) is 0 Å². The van der Waals surface area contributed by atoms with Crippen LogP contribution in [0.3, 0.4) is 0 Å². The molecule has 0 aliphatic rings. The van der Waals surface area contributed by atoms with Crippen molar-refractivity contribution in [3.05, 3.63) is 65.6 Å². The van der Waals surface area contributed by atoms with Gasteiger partial charge < -0.3 is 5.32 Å². The molecule has 2 heterocycles. The molecule has 0 spiro atoms. The van der Waals surface area contributed by atoms with Gasteiger partial charge in [-0.25, -0.2) is 4.98 Å². The predicted octanol–water partition coefficient (Wildman–Crippen LogP) is 3.31. The first-order chi connectivity index (χ1) is 9.33.